The number of hydrogen-bond donors (Lipinski definition) is 1. The number of nitroso groups, excluding NO2 is 1. The average Bonchev–Trinajstić information content (AvgIpc) is 2.35. The largest absolute Gasteiger partial charge is 0.492 e. The molecule has 4 nitrogen and oxygen atoms in total. The summed E-state index contributed by atoms with van der Waals surface area (Å²) in [6, 6.07) is 5.71. The average molecular weight is 220 g/mol. The first kappa shape index (κ1) is 11.1. The van der Waals surface area contributed by atoms with Gasteiger partial charge in [0.25, 0.3) is 0 Å². The van der Waals surface area contributed by atoms with Crippen molar-refractivity contribution in [2.24, 2.45) is 5.18 Å². The maximum atomic E-state index is 10.7. The number of benzene rings is 1. The minimum Gasteiger partial charge on any atom is -0.492 e. The molecule has 0 amide bonds. The smallest absolute Gasteiger partial charge is 0.124 e. The Morgan fingerprint density at radius 1 is 1.56 bits per heavy atom. The van der Waals surface area contributed by atoms with Crippen LogP contribution in [0.4, 0.5) is 5.69 Å². The van der Waals surface area contributed by atoms with Crippen LogP contribution < -0.4 is 10.1 Å². The highest BCUT2D eigenvalue weighted by Crippen LogP contribution is 2.32. The van der Waals surface area contributed by atoms with Gasteiger partial charge in [0.15, 0.2) is 0 Å². The van der Waals surface area contributed by atoms with Gasteiger partial charge in [-0.05, 0) is 36.7 Å². The lowest BCUT2D eigenvalue weighted by Gasteiger charge is -2.26. The fourth-order valence-electron chi connectivity index (χ4n) is 1.96. The van der Waals surface area contributed by atoms with E-state index in [4.69, 9.17) is 4.74 Å². The van der Waals surface area contributed by atoms with E-state index in [0.29, 0.717) is 12.3 Å². The van der Waals surface area contributed by atoms with Crippen LogP contribution in [-0.2, 0) is 6.42 Å². The highest BCUT2D eigenvalue weighted by atomic mass is 16.5. The predicted octanol–water partition coefficient (Wildman–Crippen LogP) is 2.39. The Balaban J connectivity index is 2.14. The zero-order valence-corrected chi connectivity index (χ0v) is 9.40. The fraction of sp³-hybridized carbons (Fsp3) is 0.500. The molecule has 1 aromatic rings. The van der Waals surface area contributed by atoms with Crippen LogP contribution >= 0.6 is 0 Å². The molecule has 1 atom stereocenters. The molecule has 0 saturated heterocycles. The van der Waals surface area contributed by atoms with Crippen molar-refractivity contribution in [3.8, 4) is 5.75 Å². The predicted molar refractivity (Wildman–Crippen MR) is 63.2 cm³/mol. The van der Waals surface area contributed by atoms with E-state index in [0.717, 1.165) is 30.7 Å². The van der Waals surface area contributed by atoms with Gasteiger partial charge in [-0.25, -0.2) is 0 Å². The molecule has 86 valence electrons. The molecular weight excluding hydrogens is 204 g/mol. The molecule has 0 spiro atoms. The van der Waals surface area contributed by atoms with Crippen LogP contribution in [0.3, 0.4) is 0 Å². The summed E-state index contributed by atoms with van der Waals surface area (Å²) in [6.07, 6.45) is 1.91. The Labute approximate surface area is 95.0 Å². The van der Waals surface area contributed by atoms with Gasteiger partial charge in [-0.15, -0.1) is 4.91 Å². The molecule has 0 bridgehead atoms. The first-order valence-electron chi connectivity index (χ1n) is 5.66. The van der Waals surface area contributed by atoms with Crippen LogP contribution in [0.5, 0.6) is 5.75 Å². The molecule has 0 radical (unpaired) electrons. The lowest BCUT2D eigenvalue weighted by Crippen LogP contribution is -2.39. The van der Waals surface area contributed by atoms with E-state index in [-0.39, 0.29) is 6.04 Å². The van der Waals surface area contributed by atoms with Gasteiger partial charge in [0.05, 0.1) is 0 Å². The maximum absolute atomic E-state index is 10.7. The zero-order valence-electron chi connectivity index (χ0n) is 9.40. The Morgan fingerprint density at radius 3 is 3.19 bits per heavy atom. The summed E-state index contributed by atoms with van der Waals surface area (Å²) in [5.41, 5.74) is 1.43. The molecule has 16 heavy (non-hydrogen) atoms. The molecule has 0 saturated carbocycles. The van der Waals surface area contributed by atoms with E-state index in [1.807, 2.05) is 6.07 Å². The molecule has 1 aliphatic heterocycles. The van der Waals surface area contributed by atoms with Crippen molar-refractivity contribution in [1.29, 1.82) is 0 Å². The number of fused-ring (bicyclic) bond motifs is 1. The van der Waals surface area contributed by atoms with Crippen molar-refractivity contribution in [2.75, 3.05) is 13.2 Å². The summed E-state index contributed by atoms with van der Waals surface area (Å²) in [5, 5.41) is 6.44. The van der Waals surface area contributed by atoms with Crippen LogP contribution in [0.25, 0.3) is 0 Å². The van der Waals surface area contributed by atoms with Crippen molar-refractivity contribution >= 4 is 5.69 Å². The van der Waals surface area contributed by atoms with Crippen LogP contribution in [0, 0.1) is 4.91 Å². The molecule has 1 unspecified atom stereocenters. The number of ether oxygens (including phenoxy) is 1. The Kier molecular flexibility index (Phi) is 3.51. The topological polar surface area (TPSA) is 50.7 Å². The second-order valence-corrected chi connectivity index (χ2v) is 4.01. The van der Waals surface area contributed by atoms with E-state index in [1.165, 1.54) is 0 Å². The highest BCUT2D eigenvalue weighted by molar-refractivity contribution is 5.54. The number of nitrogens with zero attached hydrogens (tertiary/aromatic N) is 1. The van der Waals surface area contributed by atoms with Crippen LogP contribution in [0.1, 0.15) is 18.9 Å². The first-order chi connectivity index (χ1) is 7.85. The molecule has 4 heteroatoms. The van der Waals surface area contributed by atoms with Gasteiger partial charge in [-0.1, -0.05) is 13.0 Å². The third-order valence-electron chi connectivity index (χ3n) is 2.78. The molecule has 1 N–H and O–H groups in total. The molecule has 0 aromatic heterocycles. The lowest BCUT2D eigenvalue weighted by atomic mass is 10.0. The minimum absolute atomic E-state index is 0.287. The maximum Gasteiger partial charge on any atom is 0.124 e. The Hall–Kier alpha value is -1.42. The van der Waals surface area contributed by atoms with Gasteiger partial charge in [-0.3, -0.25) is 0 Å². The van der Waals surface area contributed by atoms with Crippen molar-refractivity contribution in [3.05, 3.63) is 28.7 Å². The number of nitrogens with one attached hydrogen (secondary N) is 1. The van der Waals surface area contributed by atoms with Crippen molar-refractivity contribution in [3.63, 3.8) is 0 Å². The molecule has 1 aliphatic rings. The van der Waals surface area contributed by atoms with Crippen LogP contribution in [0.15, 0.2) is 23.4 Å². The summed E-state index contributed by atoms with van der Waals surface area (Å²) in [5.74, 6) is 0.798. The van der Waals surface area contributed by atoms with Gasteiger partial charge >= 0.3 is 0 Å². The molecule has 0 aliphatic carbocycles. The SMILES string of the molecule is CCCNC1COc2cccc(N=O)c2C1. The molecule has 2 rings (SSSR count). The van der Waals surface area contributed by atoms with E-state index in [9.17, 15) is 4.91 Å². The van der Waals surface area contributed by atoms with E-state index < -0.39 is 0 Å². The second-order valence-electron chi connectivity index (χ2n) is 4.01. The van der Waals surface area contributed by atoms with Gasteiger partial charge < -0.3 is 10.1 Å². The monoisotopic (exact) mass is 220 g/mol. The third-order valence-corrected chi connectivity index (χ3v) is 2.78. The summed E-state index contributed by atoms with van der Waals surface area (Å²) in [4.78, 5) is 10.7. The van der Waals surface area contributed by atoms with Crippen LogP contribution in [0.2, 0.25) is 0 Å². The van der Waals surface area contributed by atoms with Crippen LogP contribution in [-0.4, -0.2) is 19.2 Å². The quantitative estimate of drug-likeness (QED) is 0.792. The fourth-order valence-corrected chi connectivity index (χ4v) is 1.96. The van der Waals surface area contributed by atoms with Gasteiger partial charge in [0.1, 0.15) is 18.0 Å². The van der Waals surface area contributed by atoms with E-state index in [2.05, 4.69) is 17.4 Å². The first-order valence-corrected chi connectivity index (χ1v) is 5.66. The second kappa shape index (κ2) is 5.07. The molecule has 0 fully saturated rings. The number of hydrogen-bond acceptors (Lipinski definition) is 4. The summed E-state index contributed by atoms with van der Waals surface area (Å²) in [6.45, 7) is 3.76. The molecule has 1 aromatic carbocycles. The zero-order chi connectivity index (χ0) is 11.4. The molecular formula is C12H16N2O2. The normalized spacial score (nSPS) is 18.7. The standard InChI is InChI=1S/C12H16N2O2/c1-2-6-13-9-7-10-11(14-15)4-3-5-12(10)16-8-9/h3-5,9,13H,2,6-8H2,1H3. The summed E-state index contributed by atoms with van der Waals surface area (Å²) in [7, 11) is 0. The highest BCUT2D eigenvalue weighted by Gasteiger charge is 2.21. The number of rotatable bonds is 4. The van der Waals surface area contributed by atoms with Gasteiger partial charge in [0, 0.05) is 11.6 Å². The van der Waals surface area contributed by atoms with Gasteiger partial charge in [-0.2, -0.15) is 0 Å². The van der Waals surface area contributed by atoms with Gasteiger partial charge in [0.2, 0.25) is 0 Å². The lowest BCUT2D eigenvalue weighted by molar-refractivity contribution is 0.239. The Morgan fingerprint density at radius 2 is 2.44 bits per heavy atom. The van der Waals surface area contributed by atoms with E-state index in [1.54, 1.807) is 12.1 Å². The third kappa shape index (κ3) is 2.22. The van der Waals surface area contributed by atoms with Crippen molar-refractivity contribution < 1.29 is 4.74 Å². The van der Waals surface area contributed by atoms with Crippen molar-refractivity contribution in [2.45, 2.75) is 25.8 Å². The minimum atomic E-state index is 0.287. The summed E-state index contributed by atoms with van der Waals surface area (Å²) < 4.78 is 5.61. The van der Waals surface area contributed by atoms with Crippen molar-refractivity contribution in [1.82, 2.24) is 5.32 Å². The molecule has 1 heterocycles. The Bertz CT molecular complexity index is 379. The summed E-state index contributed by atoms with van der Waals surface area (Å²) >= 11 is 0. The van der Waals surface area contributed by atoms with E-state index >= 15 is 0 Å².